The van der Waals surface area contributed by atoms with E-state index in [4.69, 9.17) is 0 Å². The molecule has 0 aliphatic heterocycles. The quantitative estimate of drug-likeness (QED) is 0.906. The highest BCUT2D eigenvalue weighted by atomic mass is 19.1. The van der Waals surface area contributed by atoms with Crippen LogP contribution in [-0.2, 0) is 0 Å². The van der Waals surface area contributed by atoms with Crippen LogP contribution in [-0.4, -0.2) is 9.55 Å². The minimum atomic E-state index is -0.596. The third kappa shape index (κ3) is 2.59. The van der Waals surface area contributed by atoms with E-state index in [9.17, 15) is 8.78 Å². The van der Waals surface area contributed by atoms with E-state index in [-0.39, 0.29) is 0 Å². The molecule has 2 aromatic rings. The van der Waals surface area contributed by atoms with Crippen molar-refractivity contribution in [3.05, 3.63) is 42.2 Å². The number of benzene rings is 1. The number of imidazole rings is 1. The average molecular weight is 263 g/mol. The van der Waals surface area contributed by atoms with E-state index in [2.05, 4.69) is 14.9 Å². The number of aromatic nitrogens is 2. The maximum atomic E-state index is 13.2. The van der Waals surface area contributed by atoms with Crippen LogP contribution in [0.4, 0.5) is 20.4 Å². The van der Waals surface area contributed by atoms with Gasteiger partial charge in [0, 0.05) is 30.2 Å². The molecule has 100 valence electrons. The van der Waals surface area contributed by atoms with Crippen LogP contribution in [0, 0.1) is 11.6 Å². The molecule has 0 amide bonds. The molecule has 1 aliphatic carbocycles. The number of nitrogens with zero attached hydrogens (tertiary/aromatic N) is 2. The number of halogens is 2. The summed E-state index contributed by atoms with van der Waals surface area (Å²) in [5.41, 5.74) is 0.378. The zero-order chi connectivity index (χ0) is 13.2. The van der Waals surface area contributed by atoms with Crippen molar-refractivity contribution in [2.75, 3.05) is 5.32 Å². The maximum absolute atomic E-state index is 13.2. The molecule has 1 aromatic carbocycles. The van der Waals surface area contributed by atoms with Gasteiger partial charge in [0.2, 0.25) is 5.95 Å². The maximum Gasteiger partial charge on any atom is 0.207 e. The molecule has 0 bridgehead atoms. The van der Waals surface area contributed by atoms with E-state index < -0.39 is 11.6 Å². The summed E-state index contributed by atoms with van der Waals surface area (Å²) in [6.45, 7) is 0. The van der Waals surface area contributed by atoms with Gasteiger partial charge in [0.15, 0.2) is 0 Å². The predicted molar refractivity (Wildman–Crippen MR) is 69.4 cm³/mol. The standard InChI is InChI=1S/C14H15F2N3/c15-10-7-11(16)9-12(8-10)18-14-17-5-6-19(14)13-3-1-2-4-13/h5-9,13H,1-4H2,(H,17,18). The lowest BCUT2D eigenvalue weighted by molar-refractivity contribution is 0.524. The molecular formula is C14H15F2N3. The zero-order valence-electron chi connectivity index (χ0n) is 10.4. The van der Waals surface area contributed by atoms with Gasteiger partial charge in [0.25, 0.3) is 0 Å². The summed E-state index contributed by atoms with van der Waals surface area (Å²) in [5.74, 6) is -0.556. The van der Waals surface area contributed by atoms with Gasteiger partial charge in [0.1, 0.15) is 11.6 Å². The molecule has 0 radical (unpaired) electrons. The number of rotatable bonds is 3. The van der Waals surface area contributed by atoms with Gasteiger partial charge in [0.05, 0.1) is 0 Å². The van der Waals surface area contributed by atoms with Crippen LogP contribution in [0.3, 0.4) is 0 Å². The first-order valence-electron chi connectivity index (χ1n) is 6.48. The molecule has 1 N–H and O–H groups in total. The van der Waals surface area contributed by atoms with Crippen LogP contribution in [0.15, 0.2) is 30.6 Å². The molecule has 3 nitrogen and oxygen atoms in total. The third-order valence-corrected chi connectivity index (χ3v) is 3.51. The summed E-state index contributed by atoms with van der Waals surface area (Å²) in [6, 6.07) is 3.81. The summed E-state index contributed by atoms with van der Waals surface area (Å²) in [6.07, 6.45) is 8.31. The number of nitrogens with one attached hydrogen (secondary N) is 1. The van der Waals surface area contributed by atoms with Crippen molar-refractivity contribution in [3.8, 4) is 0 Å². The van der Waals surface area contributed by atoms with Crippen molar-refractivity contribution in [1.29, 1.82) is 0 Å². The van der Waals surface area contributed by atoms with E-state index in [0.29, 0.717) is 17.7 Å². The highest BCUT2D eigenvalue weighted by molar-refractivity contribution is 5.53. The van der Waals surface area contributed by atoms with Crippen molar-refractivity contribution in [2.45, 2.75) is 31.7 Å². The second-order valence-corrected chi connectivity index (χ2v) is 4.88. The zero-order valence-corrected chi connectivity index (χ0v) is 10.4. The highest BCUT2D eigenvalue weighted by Gasteiger charge is 2.19. The second-order valence-electron chi connectivity index (χ2n) is 4.88. The van der Waals surface area contributed by atoms with E-state index in [1.165, 1.54) is 25.0 Å². The van der Waals surface area contributed by atoms with Gasteiger partial charge in [-0.1, -0.05) is 12.8 Å². The normalized spacial score (nSPS) is 15.9. The Morgan fingerprint density at radius 2 is 1.79 bits per heavy atom. The molecule has 1 heterocycles. The molecule has 1 saturated carbocycles. The molecule has 0 unspecified atom stereocenters. The van der Waals surface area contributed by atoms with Gasteiger partial charge >= 0.3 is 0 Å². The molecule has 0 saturated heterocycles. The Hall–Kier alpha value is -1.91. The van der Waals surface area contributed by atoms with Crippen molar-refractivity contribution in [1.82, 2.24) is 9.55 Å². The summed E-state index contributed by atoms with van der Waals surface area (Å²) in [7, 11) is 0. The molecule has 19 heavy (non-hydrogen) atoms. The van der Waals surface area contributed by atoms with E-state index in [0.717, 1.165) is 18.9 Å². The first-order chi connectivity index (χ1) is 9.22. The minimum absolute atomic E-state index is 0.378. The van der Waals surface area contributed by atoms with E-state index in [1.807, 2.05) is 6.20 Å². The molecular weight excluding hydrogens is 248 g/mol. The first kappa shape index (κ1) is 12.1. The number of hydrogen-bond donors (Lipinski definition) is 1. The van der Waals surface area contributed by atoms with Gasteiger partial charge in [-0.2, -0.15) is 0 Å². The predicted octanol–water partition coefficient (Wildman–Crippen LogP) is 4.02. The SMILES string of the molecule is Fc1cc(F)cc(Nc2nccn2C2CCCC2)c1. The molecule has 1 aliphatic rings. The van der Waals surface area contributed by atoms with E-state index >= 15 is 0 Å². The van der Waals surface area contributed by atoms with Crippen LogP contribution in [0.5, 0.6) is 0 Å². The minimum Gasteiger partial charge on any atom is -0.325 e. The molecule has 0 atom stereocenters. The molecule has 5 heteroatoms. The largest absolute Gasteiger partial charge is 0.325 e. The van der Waals surface area contributed by atoms with Crippen molar-refractivity contribution in [3.63, 3.8) is 0 Å². The fraction of sp³-hybridized carbons (Fsp3) is 0.357. The fourth-order valence-corrected chi connectivity index (χ4v) is 2.64. The van der Waals surface area contributed by atoms with Crippen LogP contribution < -0.4 is 5.32 Å². The van der Waals surface area contributed by atoms with Gasteiger partial charge in [-0.05, 0) is 25.0 Å². The van der Waals surface area contributed by atoms with Gasteiger partial charge in [-0.15, -0.1) is 0 Å². The Morgan fingerprint density at radius 1 is 1.11 bits per heavy atom. The summed E-state index contributed by atoms with van der Waals surface area (Å²) in [4.78, 5) is 4.22. The number of hydrogen-bond acceptors (Lipinski definition) is 2. The molecule has 1 aromatic heterocycles. The van der Waals surface area contributed by atoms with Gasteiger partial charge in [-0.3, -0.25) is 0 Å². The van der Waals surface area contributed by atoms with Crippen molar-refractivity contribution in [2.24, 2.45) is 0 Å². The molecule has 1 fully saturated rings. The lowest BCUT2D eigenvalue weighted by Gasteiger charge is -2.15. The van der Waals surface area contributed by atoms with Crippen LogP contribution in [0.25, 0.3) is 0 Å². The van der Waals surface area contributed by atoms with Crippen LogP contribution >= 0.6 is 0 Å². The average Bonchev–Trinajstić information content (AvgIpc) is 2.96. The van der Waals surface area contributed by atoms with Crippen LogP contribution in [0.1, 0.15) is 31.7 Å². The summed E-state index contributed by atoms with van der Waals surface area (Å²) >= 11 is 0. The monoisotopic (exact) mass is 263 g/mol. The fourth-order valence-electron chi connectivity index (χ4n) is 2.64. The van der Waals surface area contributed by atoms with Crippen molar-refractivity contribution < 1.29 is 8.78 Å². The topological polar surface area (TPSA) is 29.9 Å². The summed E-state index contributed by atoms with van der Waals surface area (Å²) < 4.78 is 28.4. The second kappa shape index (κ2) is 4.99. The Kier molecular flexibility index (Phi) is 3.19. The Balaban J connectivity index is 1.85. The Bertz CT molecular complexity index is 554. The number of anilines is 2. The summed E-state index contributed by atoms with van der Waals surface area (Å²) in [5, 5.41) is 2.98. The van der Waals surface area contributed by atoms with E-state index in [1.54, 1.807) is 6.20 Å². The van der Waals surface area contributed by atoms with Crippen LogP contribution in [0.2, 0.25) is 0 Å². The van der Waals surface area contributed by atoms with Gasteiger partial charge < -0.3 is 9.88 Å². The third-order valence-electron chi connectivity index (χ3n) is 3.51. The Morgan fingerprint density at radius 3 is 2.47 bits per heavy atom. The van der Waals surface area contributed by atoms with Crippen molar-refractivity contribution >= 4 is 11.6 Å². The lowest BCUT2D eigenvalue weighted by atomic mass is 10.2. The Labute approximate surface area is 110 Å². The molecule has 3 rings (SSSR count). The lowest BCUT2D eigenvalue weighted by Crippen LogP contribution is -2.08. The molecule has 0 spiro atoms. The first-order valence-corrected chi connectivity index (χ1v) is 6.48. The smallest absolute Gasteiger partial charge is 0.207 e. The highest BCUT2D eigenvalue weighted by Crippen LogP contribution is 2.32. The van der Waals surface area contributed by atoms with Gasteiger partial charge in [-0.25, -0.2) is 13.8 Å².